The van der Waals surface area contributed by atoms with E-state index < -0.39 is 10.8 Å². The van der Waals surface area contributed by atoms with Gasteiger partial charge in [-0.15, -0.1) is 6.58 Å². The molecule has 0 saturated heterocycles. The van der Waals surface area contributed by atoms with E-state index in [2.05, 4.69) is 11.6 Å². The smallest absolute Gasteiger partial charge is 0.279 e. The lowest BCUT2D eigenvalue weighted by Crippen LogP contribution is -2.16. The van der Waals surface area contributed by atoms with E-state index in [1.54, 1.807) is 6.08 Å². The van der Waals surface area contributed by atoms with Gasteiger partial charge in [-0.05, 0) is 18.2 Å². The number of aromatic nitrogens is 1. The maximum atomic E-state index is 12.4. The molecule has 2 aromatic carbocycles. The molecule has 0 unspecified atom stereocenters. The van der Waals surface area contributed by atoms with Crippen LogP contribution in [0.2, 0.25) is 0 Å². The summed E-state index contributed by atoms with van der Waals surface area (Å²) < 4.78 is 2.90. The van der Waals surface area contributed by atoms with Crippen LogP contribution in [0, 0.1) is 10.1 Å². The minimum Gasteiger partial charge on any atom is -0.312 e. The molecule has 0 aliphatic rings. The van der Waals surface area contributed by atoms with Crippen LogP contribution >= 0.6 is 11.3 Å². The van der Waals surface area contributed by atoms with Gasteiger partial charge in [-0.1, -0.05) is 35.6 Å². The Labute approximate surface area is 141 Å². The van der Waals surface area contributed by atoms with Gasteiger partial charge in [0.15, 0.2) is 4.80 Å². The molecule has 0 fully saturated rings. The first-order valence-electron chi connectivity index (χ1n) is 7.13. The number of nitro groups is 1. The molecule has 0 radical (unpaired) electrons. The molecule has 120 valence electrons. The molecule has 1 heterocycles. The average Bonchev–Trinajstić information content (AvgIpc) is 2.93. The Hall–Kier alpha value is -3.06. The molecule has 3 rings (SSSR count). The van der Waals surface area contributed by atoms with Crippen LogP contribution in [0.3, 0.4) is 0 Å². The Morgan fingerprint density at radius 1 is 1.29 bits per heavy atom. The van der Waals surface area contributed by atoms with Crippen molar-refractivity contribution >= 4 is 33.1 Å². The summed E-state index contributed by atoms with van der Waals surface area (Å²) in [5.74, 6) is -0.511. The zero-order valence-electron chi connectivity index (χ0n) is 12.6. The summed E-state index contributed by atoms with van der Waals surface area (Å²) in [4.78, 5) is 27.4. The number of para-hydroxylation sites is 1. The summed E-state index contributed by atoms with van der Waals surface area (Å²) in [6.07, 6.45) is 1.73. The van der Waals surface area contributed by atoms with Crippen LogP contribution < -0.4 is 4.80 Å². The Morgan fingerprint density at radius 2 is 2.08 bits per heavy atom. The molecule has 0 aliphatic heterocycles. The van der Waals surface area contributed by atoms with Crippen LogP contribution in [0.5, 0.6) is 0 Å². The van der Waals surface area contributed by atoms with Crippen LogP contribution in [0.4, 0.5) is 5.69 Å². The van der Waals surface area contributed by atoms with Crippen LogP contribution in [-0.4, -0.2) is 15.4 Å². The fraction of sp³-hybridized carbons (Fsp3) is 0.0588. The van der Waals surface area contributed by atoms with Crippen molar-refractivity contribution in [2.45, 2.75) is 6.54 Å². The van der Waals surface area contributed by atoms with Crippen molar-refractivity contribution in [3.05, 3.63) is 81.7 Å². The Kier molecular flexibility index (Phi) is 4.35. The highest BCUT2D eigenvalue weighted by Gasteiger charge is 2.12. The number of allylic oxidation sites excluding steroid dienone is 1. The van der Waals surface area contributed by atoms with E-state index in [1.807, 2.05) is 28.8 Å². The molecular formula is C17H13N3O3S. The second kappa shape index (κ2) is 6.59. The predicted molar refractivity (Wildman–Crippen MR) is 93.0 cm³/mol. The van der Waals surface area contributed by atoms with Gasteiger partial charge in [-0.25, -0.2) is 0 Å². The summed E-state index contributed by atoms with van der Waals surface area (Å²) in [5.41, 5.74) is 1.02. The van der Waals surface area contributed by atoms with Crippen LogP contribution in [0.15, 0.2) is 66.2 Å². The number of thiazole rings is 1. The summed E-state index contributed by atoms with van der Waals surface area (Å²) in [5, 5.41) is 10.8. The Morgan fingerprint density at radius 3 is 2.83 bits per heavy atom. The molecule has 0 spiro atoms. The number of fused-ring (bicyclic) bond motifs is 1. The minimum absolute atomic E-state index is 0.133. The molecule has 0 saturated carbocycles. The van der Waals surface area contributed by atoms with Gasteiger partial charge in [-0.2, -0.15) is 4.99 Å². The number of nitrogens with zero attached hydrogens (tertiary/aromatic N) is 3. The summed E-state index contributed by atoms with van der Waals surface area (Å²) in [6, 6.07) is 13.3. The van der Waals surface area contributed by atoms with Gasteiger partial charge in [-0.3, -0.25) is 14.9 Å². The van der Waals surface area contributed by atoms with E-state index in [-0.39, 0.29) is 11.3 Å². The highest BCUT2D eigenvalue weighted by molar-refractivity contribution is 7.16. The predicted octanol–water partition coefficient (Wildman–Crippen LogP) is 3.54. The lowest BCUT2D eigenvalue weighted by molar-refractivity contribution is -0.384. The lowest BCUT2D eigenvalue weighted by atomic mass is 10.2. The number of hydrogen-bond donors (Lipinski definition) is 0. The molecule has 3 aromatic rings. The number of amides is 1. The average molecular weight is 339 g/mol. The fourth-order valence-electron chi connectivity index (χ4n) is 2.32. The molecule has 1 amide bonds. The van der Waals surface area contributed by atoms with E-state index >= 15 is 0 Å². The van der Waals surface area contributed by atoms with E-state index in [1.165, 1.54) is 35.6 Å². The summed E-state index contributed by atoms with van der Waals surface area (Å²) in [6.45, 7) is 4.25. The first-order valence-corrected chi connectivity index (χ1v) is 7.94. The zero-order valence-corrected chi connectivity index (χ0v) is 13.4. The van der Waals surface area contributed by atoms with Crippen molar-refractivity contribution in [1.82, 2.24) is 4.57 Å². The molecule has 0 aliphatic carbocycles. The third-order valence-corrected chi connectivity index (χ3v) is 4.46. The third kappa shape index (κ3) is 3.02. The quantitative estimate of drug-likeness (QED) is 0.414. The van der Waals surface area contributed by atoms with E-state index in [0.717, 1.165) is 10.2 Å². The Balaban J connectivity index is 2.11. The minimum atomic E-state index is -0.534. The molecule has 0 bridgehead atoms. The Bertz CT molecular complexity index is 1020. The van der Waals surface area contributed by atoms with E-state index in [0.29, 0.717) is 11.3 Å². The number of nitro benzene ring substituents is 1. The highest BCUT2D eigenvalue weighted by atomic mass is 32.1. The summed E-state index contributed by atoms with van der Waals surface area (Å²) in [7, 11) is 0. The SMILES string of the molecule is C=CCn1c(=NC(=O)c2cccc([N+](=O)[O-])c2)sc2ccccc21. The van der Waals surface area contributed by atoms with Crippen molar-refractivity contribution in [2.75, 3.05) is 0 Å². The highest BCUT2D eigenvalue weighted by Crippen LogP contribution is 2.17. The normalized spacial score (nSPS) is 11.6. The standard InChI is InChI=1S/C17H13N3O3S/c1-2-10-19-14-8-3-4-9-15(14)24-17(19)18-16(21)12-6-5-7-13(11-12)20(22)23/h2-9,11H,1,10H2. The first kappa shape index (κ1) is 15.8. The maximum absolute atomic E-state index is 12.4. The maximum Gasteiger partial charge on any atom is 0.279 e. The topological polar surface area (TPSA) is 77.5 Å². The van der Waals surface area contributed by atoms with Crippen molar-refractivity contribution in [1.29, 1.82) is 0 Å². The van der Waals surface area contributed by atoms with Gasteiger partial charge in [0.05, 0.1) is 15.1 Å². The van der Waals surface area contributed by atoms with Gasteiger partial charge in [0.2, 0.25) is 0 Å². The van der Waals surface area contributed by atoms with Gasteiger partial charge in [0.1, 0.15) is 0 Å². The van der Waals surface area contributed by atoms with Gasteiger partial charge in [0.25, 0.3) is 11.6 Å². The largest absolute Gasteiger partial charge is 0.312 e. The van der Waals surface area contributed by atoms with Gasteiger partial charge >= 0.3 is 0 Å². The molecule has 7 heteroatoms. The number of hydrogen-bond acceptors (Lipinski definition) is 4. The number of carbonyl (C=O) groups is 1. The van der Waals surface area contributed by atoms with Crippen molar-refractivity contribution in [2.24, 2.45) is 4.99 Å². The number of rotatable bonds is 4. The second-order valence-electron chi connectivity index (χ2n) is 4.98. The van der Waals surface area contributed by atoms with Crippen molar-refractivity contribution in [3.63, 3.8) is 0 Å². The van der Waals surface area contributed by atoms with Crippen LogP contribution in [0.25, 0.3) is 10.2 Å². The molecule has 1 aromatic heterocycles. The number of carbonyl (C=O) groups excluding carboxylic acids is 1. The number of benzene rings is 2. The molecular weight excluding hydrogens is 326 g/mol. The number of non-ortho nitro benzene ring substituents is 1. The fourth-order valence-corrected chi connectivity index (χ4v) is 3.35. The molecule has 0 N–H and O–H groups in total. The van der Waals surface area contributed by atoms with Crippen molar-refractivity contribution in [3.8, 4) is 0 Å². The van der Waals surface area contributed by atoms with Gasteiger partial charge < -0.3 is 4.57 Å². The first-order chi connectivity index (χ1) is 11.6. The summed E-state index contributed by atoms with van der Waals surface area (Å²) >= 11 is 1.39. The monoisotopic (exact) mass is 339 g/mol. The van der Waals surface area contributed by atoms with Crippen LogP contribution in [0.1, 0.15) is 10.4 Å². The second-order valence-corrected chi connectivity index (χ2v) is 5.99. The van der Waals surface area contributed by atoms with Crippen LogP contribution in [-0.2, 0) is 6.54 Å². The third-order valence-electron chi connectivity index (χ3n) is 3.40. The zero-order chi connectivity index (χ0) is 17.1. The lowest BCUT2D eigenvalue weighted by Gasteiger charge is -2.00. The van der Waals surface area contributed by atoms with E-state index in [9.17, 15) is 14.9 Å². The van der Waals surface area contributed by atoms with Crippen molar-refractivity contribution < 1.29 is 9.72 Å². The molecule has 6 nitrogen and oxygen atoms in total. The molecule has 0 atom stereocenters. The van der Waals surface area contributed by atoms with E-state index in [4.69, 9.17) is 0 Å². The molecule has 24 heavy (non-hydrogen) atoms. The van der Waals surface area contributed by atoms with Gasteiger partial charge in [0, 0.05) is 24.2 Å².